The lowest BCUT2D eigenvalue weighted by atomic mass is 10.1. The van der Waals surface area contributed by atoms with Gasteiger partial charge in [-0.2, -0.15) is 13.2 Å². The molecule has 2 atom stereocenters. The Kier molecular flexibility index (Phi) is 7.24. The third kappa shape index (κ3) is 6.94. The Morgan fingerprint density at radius 3 is 2.30 bits per heavy atom. The minimum atomic E-state index is -4.39. The predicted molar refractivity (Wildman–Crippen MR) is 97.2 cm³/mol. The average Bonchev–Trinajstić information content (AvgIpc) is 2.65. The zero-order valence-corrected chi connectivity index (χ0v) is 15.0. The highest BCUT2D eigenvalue weighted by molar-refractivity contribution is 5.74. The van der Waals surface area contributed by atoms with Gasteiger partial charge in [-0.05, 0) is 43.0 Å². The van der Waals surface area contributed by atoms with Crippen LogP contribution in [0.4, 0.5) is 18.0 Å². The van der Waals surface area contributed by atoms with E-state index in [9.17, 15) is 23.1 Å². The maximum absolute atomic E-state index is 12.6. The molecule has 2 aromatic rings. The van der Waals surface area contributed by atoms with Crippen molar-refractivity contribution >= 4 is 6.03 Å². The number of aliphatic hydroxyl groups excluding tert-OH is 1. The number of amides is 2. The van der Waals surface area contributed by atoms with Gasteiger partial charge in [-0.3, -0.25) is 0 Å². The van der Waals surface area contributed by atoms with Crippen molar-refractivity contribution in [2.75, 3.05) is 6.54 Å². The van der Waals surface area contributed by atoms with E-state index in [0.29, 0.717) is 18.4 Å². The Hall–Kier alpha value is -2.54. The number of aliphatic hydroxyl groups is 1. The van der Waals surface area contributed by atoms with E-state index in [1.54, 1.807) is 6.92 Å². The highest BCUT2D eigenvalue weighted by Gasteiger charge is 2.30. The van der Waals surface area contributed by atoms with Crippen molar-refractivity contribution in [2.45, 2.75) is 38.1 Å². The number of aryl methyl sites for hydroxylation is 1. The molecular formula is C20H23F3N2O2. The van der Waals surface area contributed by atoms with Gasteiger partial charge in [0.15, 0.2) is 0 Å². The first kappa shape index (κ1) is 20.8. The zero-order chi connectivity index (χ0) is 19.9. The summed E-state index contributed by atoms with van der Waals surface area (Å²) in [6.45, 7) is 1.77. The highest BCUT2D eigenvalue weighted by atomic mass is 19.4. The molecule has 2 rings (SSSR count). The normalized spacial score (nSPS) is 13.7. The molecule has 27 heavy (non-hydrogen) atoms. The highest BCUT2D eigenvalue weighted by Crippen LogP contribution is 2.29. The zero-order valence-electron chi connectivity index (χ0n) is 15.0. The van der Waals surface area contributed by atoms with E-state index < -0.39 is 29.9 Å². The van der Waals surface area contributed by atoms with Crippen molar-refractivity contribution in [1.82, 2.24) is 10.6 Å². The van der Waals surface area contributed by atoms with Gasteiger partial charge in [0, 0.05) is 6.54 Å². The molecule has 0 bridgehead atoms. The third-order valence-electron chi connectivity index (χ3n) is 4.19. The molecule has 0 saturated heterocycles. The summed E-state index contributed by atoms with van der Waals surface area (Å²) in [7, 11) is 0. The molecule has 0 aliphatic rings. The molecule has 0 aliphatic heterocycles. The quantitative estimate of drug-likeness (QED) is 0.678. The van der Waals surface area contributed by atoms with E-state index in [1.165, 1.54) is 12.1 Å². The fourth-order valence-corrected chi connectivity index (χ4v) is 2.58. The van der Waals surface area contributed by atoms with Gasteiger partial charge < -0.3 is 15.7 Å². The van der Waals surface area contributed by atoms with E-state index in [-0.39, 0.29) is 6.54 Å². The van der Waals surface area contributed by atoms with Gasteiger partial charge in [0.05, 0.1) is 17.7 Å². The first-order valence-electron chi connectivity index (χ1n) is 8.69. The van der Waals surface area contributed by atoms with Gasteiger partial charge in [0.2, 0.25) is 0 Å². The second-order valence-electron chi connectivity index (χ2n) is 6.37. The number of nitrogens with one attached hydrogen (secondary N) is 2. The lowest BCUT2D eigenvalue weighted by molar-refractivity contribution is -0.137. The molecule has 0 radical (unpaired) electrons. The maximum Gasteiger partial charge on any atom is 0.416 e. The first-order valence-corrected chi connectivity index (χ1v) is 8.69. The van der Waals surface area contributed by atoms with Crippen molar-refractivity contribution < 1.29 is 23.1 Å². The van der Waals surface area contributed by atoms with Crippen LogP contribution in [0.3, 0.4) is 0 Å². The Morgan fingerprint density at radius 1 is 1.07 bits per heavy atom. The molecule has 0 aliphatic carbocycles. The van der Waals surface area contributed by atoms with Gasteiger partial charge in [-0.15, -0.1) is 0 Å². The van der Waals surface area contributed by atoms with Crippen LogP contribution in [0.15, 0.2) is 54.6 Å². The molecule has 3 N–H and O–H groups in total. The number of hydrogen-bond donors (Lipinski definition) is 3. The van der Waals surface area contributed by atoms with Crippen LogP contribution < -0.4 is 10.6 Å². The van der Waals surface area contributed by atoms with Crippen molar-refractivity contribution in [3.8, 4) is 0 Å². The Morgan fingerprint density at radius 2 is 1.70 bits per heavy atom. The number of carbonyl (C=O) groups excluding carboxylic acids is 1. The van der Waals surface area contributed by atoms with Gasteiger partial charge >= 0.3 is 12.2 Å². The molecule has 146 valence electrons. The summed E-state index contributed by atoms with van der Waals surface area (Å²) in [6.07, 6.45) is -3.86. The largest absolute Gasteiger partial charge is 0.416 e. The number of alkyl halides is 3. The fourth-order valence-electron chi connectivity index (χ4n) is 2.58. The van der Waals surface area contributed by atoms with Crippen molar-refractivity contribution in [3.05, 3.63) is 71.3 Å². The van der Waals surface area contributed by atoms with Crippen LogP contribution in [0.1, 0.15) is 36.1 Å². The van der Waals surface area contributed by atoms with Crippen LogP contribution in [0, 0.1) is 0 Å². The van der Waals surface area contributed by atoms with Crippen molar-refractivity contribution in [3.63, 3.8) is 0 Å². The van der Waals surface area contributed by atoms with E-state index in [2.05, 4.69) is 10.6 Å². The van der Waals surface area contributed by atoms with Crippen LogP contribution in [0.2, 0.25) is 0 Å². The van der Waals surface area contributed by atoms with E-state index in [1.807, 2.05) is 30.3 Å². The summed E-state index contributed by atoms with van der Waals surface area (Å²) in [5.74, 6) is 0. The molecule has 4 nitrogen and oxygen atoms in total. The Labute approximate surface area is 156 Å². The lowest BCUT2D eigenvalue weighted by Gasteiger charge is -2.17. The average molecular weight is 380 g/mol. The SMILES string of the molecule is CC(NC(=O)NCC(O)CCc1ccccc1)c1ccc(C(F)(F)F)cc1. The van der Waals surface area contributed by atoms with Crippen molar-refractivity contribution in [2.24, 2.45) is 0 Å². The summed E-state index contributed by atoms with van der Waals surface area (Å²) < 4.78 is 37.7. The molecule has 2 unspecified atom stereocenters. The van der Waals surface area contributed by atoms with Crippen LogP contribution in [0.25, 0.3) is 0 Å². The third-order valence-corrected chi connectivity index (χ3v) is 4.19. The summed E-state index contributed by atoms with van der Waals surface area (Å²) >= 11 is 0. The Balaban J connectivity index is 1.74. The van der Waals surface area contributed by atoms with Crippen LogP contribution in [-0.2, 0) is 12.6 Å². The van der Waals surface area contributed by atoms with Crippen LogP contribution >= 0.6 is 0 Å². The van der Waals surface area contributed by atoms with E-state index >= 15 is 0 Å². The van der Waals surface area contributed by atoms with Gasteiger partial charge in [-0.1, -0.05) is 42.5 Å². The lowest BCUT2D eigenvalue weighted by Crippen LogP contribution is -2.40. The number of benzene rings is 2. The summed E-state index contributed by atoms with van der Waals surface area (Å²) in [4.78, 5) is 11.9. The maximum atomic E-state index is 12.6. The monoisotopic (exact) mass is 380 g/mol. The molecule has 0 heterocycles. The number of urea groups is 1. The second-order valence-corrected chi connectivity index (χ2v) is 6.37. The second kappa shape index (κ2) is 9.41. The molecule has 0 fully saturated rings. The minimum Gasteiger partial charge on any atom is -0.391 e. The Bertz CT molecular complexity index is 718. The summed E-state index contributed by atoms with van der Waals surface area (Å²) in [6, 6.07) is 13.4. The minimum absolute atomic E-state index is 0.0956. The predicted octanol–water partition coefficient (Wildman–Crippen LogP) is 4.06. The molecule has 0 saturated carbocycles. The van der Waals surface area contributed by atoms with Crippen LogP contribution in [-0.4, -0.2) is 23.8 Å². The molecule has 0 spiro atoms. The van der Waals surface area contributed by atoms with E-state index in [4.69, 9.17) is 0 Å². The number of halogens is 3. The molecule has 7 heteroatoms. The standard InChI is InChI=1S/C20H23F3N2O2/c1-14(16-8-10-17(11-9-16)20(21,22)23)25-19(27)24-13-18(26)12-7-15-5-3-2-4-6-15/h2-6,8-11,14,18,26H,7,12-13H2,1H3,(H2,24,25,27). The summed E-state index contributed by atoms with van der Waals surface area (Å²) in [5, 5.41) is 15.2. The molecule has 2 aromatic carbocycles. The molecular weight excluding hydrogens is 357 g/mol. The number of carbonyl (C=O) groups is 1. The smallest absolute Gasteiger partial charge is 0.391 e. The van der Waals surface area contributed by atoms with Gasteiger partial charge in [0.1, 0.15) is 0 Å². The van der Waals surface area contributed by atoms with Gasteiger partial charge in [-0.25, -0.2) is 4.79 Å². The molecule has 2 amide bonds. The van der Waals surface area contributed by atoms with Gasteiger partial charge in [0.25, 0.3) is 0 Å². The van der Waals surface area contributed by atoms with Crippen molar-refractivity contribution in [1.29, 1.82) is 0 Å². The van der Waals surface area contributed by atoms with E-state index in [0.717, 1.165) is 17.7 Å². The van der Waals surface area contributed by atoms with Crippen LogP contribution in [0.5, 0.6) is 0 Å². The number of hydrogen-bond acceptors (Lipinski definition) is 2. The summed E-state index contributed by atoms with van der Waals surface area (Å²) in [5.41, 5.74) is 0.934. The first-order chi connectivity index (χ1) is 12.8. The fraction of sp³-hybridized carbons (Fsp3) is 0.350. The molecule has 0 aromatic heterocycles. The topological polar surface area (TPSA) is 61.4 Å². The number of rotatable bonds is 7.